The summed E-state index contributed by atoms with van der Waals surface area (Å²) in [4.78, 5) is 14.8. The molecule has 0 atom stereocenters. The minimum Gasteiger partial charge on any atom is -0.741 e. The third kappa shape index (κ3) is 4.44. The first-order valence-electron chi connectivity index (χ1n) is 7.13. The Balaban J connectivity index is 0.000000279. The number of aromatic carboxylic acids is 1. The number of H-pyrrole nitrogens is 1. The smallest absolute Gasteiger partial charge is 0.485 e. The normalized spacial score (nSPS) is 11.7. The fraction of sp³-hybridized carbons (Fsp3) is 0.125. The van der Waals surface area contributed by atoms with E-state index < -0.39 is 21.6 Å². The molecular weight excluding hydrogens is 391 g/mol. The number of methoxy groups -OCH3 is 1. The Labute approximate surface area is 150 Å². The number of carboxylic acid groups (broad SMARTS) is 1. The molecule has 0 aliphatic heterocycles. The molecule has 0 fully saturated rings. The first-order valence-corrected chi connectivity index (χ1v) is 8.53. The highest BCUT2D eigenvalue weighted by Crippen LogP contribution is 2.26. The minimum absolute atomic E-state index is 0.312. The molecule has 0 bridgehead atoms. The number of hydrogen-bond acceptors (Lipinski definition) is 5. The lowest BCUT2D eigenvalue weighted by Gasteiger charge is -2.08. The molecule has 11 heteroatoms. The molecule has 3 rings (SSSR count). The molecule has 0 aliphatic rings. The molecule has 0 amide bonds. The number of nitrogens with one attached hydrogen (secondary N) is 1. The lowest BCUT2D eigenvalue weighted by molar-refractivity contribution is -0.310. The molecule has 7 nitrogen and oxygen atoms in total. The van der Waals surface area contributed by atoms with E-state index >= 15 is 0 Å². The maximum absolute atomic E-state index is 11.5. The standard InChI is InChI=1S/C15H11NO3.CHF3O3S/c1-19-9-6-7-11-13(8-9)16-12-5-3-2-4-10(12)14(11)15(17)18;2-1(3,4)8(5,6)7/h2-8H,1H3,(H,17,18);(H,5,6,7). The van der Waals surface area contributed by atoms with E-state index in [0.717, 1.165) is 11.0 Å². The number of aromatic amines is 1. The molecule has 27 heavy (non-hydrogen) atoms. The van der Waals surface area contributed by atoms with Gasteiger partial charge in [0, 0.05) is 6.07 Å². The number of para-hydroxylation sites is 1. The van der Waals surface area contributed by atoms with Crippen LogP contribution in [0.3, 0.4) is 0 Å². The summed E-state index contributed by atoms with van der Waals surface area (Å²) < 4.78 is 64.1. The summed E-state index contributed by atoms with van der Waals surface area (Å²) in [5.41, 5.74) is -3.80. The van der Waals surface area contributed by atoms with E-state index in [1.54, 1.807) is 31.4 Å². The van der Waals surface area contributed by atoms with E-state index in [1.807, 2.05) is 18.2 Å². The molecule has 144 valence electrons. The van der Waals surface area contributed by atoms with Gasteiger partial charge in [-0.25, -0.2) is 18.2 Å². The monoisotopic (exact) mass is 403 g/mol. The van der Waals surface area contributed by atoms with E-state index in [0.29, 0.717) is 22.1 Å². The van der Waals surface area contributed by atoms with E-state index in [4.69, 9.17) is 17.7 Å². The molecule has 0 spiro atoms. The first kappa shape index (κ1) is 20.4. The van der Waals surface area contributed by atoms with Gasteiger partial charge in [-0.15, -0.1) is 0 Å². The number of hydrogen-bond donors (Lipinski definition) is 1. The molecule has 2 N–H and O–H groups in total. The van der Waals surface area contributed by atoms with Gasteiger partial charge >= 0.3 is 11.5 Å². The highest BCUT2D eigenvalue weighted by Gasteiger charge is 2.36. The lowest BCUT2D eigenvalue weighted by Crippen LogP contribution is -2.21. The van der Waals surface area contributed by atoms with Gasteiger partial charge in [0.05, 0.1) is 29.5 Å². The fourth-order valence-corrected chi connectivity index (χ4v) is 2.30. The molecule has 0 saturated carbocycles. The Kier molecular flexibility index (Phi) is 5.56. The number of alkyl halides is 3. The third-order valence-corrected chi connectivity index (χ3v) is 4.03. The number of ether oxygens (including phenoxy) is 1. The van der Waals surface area contributed by atoms with Crippen molar-refractivity contribution in [3.05, 3.63) is 48.0 Å². The van der Waals surface area contributed by atoms with Crippen LogP contribution in [0.25, 0.3) is 21.8 Å². The number of benzene rings is 2. The summed E-state index contributed by atoms with van der Waals surface area (Å²) in [6.45, 7) is 0. The van der Waals surface area contributed by atoms with Gasteiger partial charge in [-0.05, 0) is 18.2 Å². The number of carboxylic acids is 1. The van der Waals surface area contributed by atoms with Crippen LogP contribution >= 0.6 is 0 Å². The van der Waals surface area contributed by atoms with Crippen molar-refractivity contribution in [2.45, 2.75) is 5.51 Å². The Bertz CT molecular complexity index is 1110. The lowest BCUT2D eigenvalue weighted by atomic mass is 10.0. The second-order valence-corrected chi connectivity index (χ2v) is 6.53. The predicted octanol–water partition coefficient (Wildman–Crippen LogP) is 2.57. The number of rotatable bonds is 2. The Morgan fingerprint density at radius 1 is 1.11 bits per heavy atom. The van der Waals surface area contributed by atoms with Crippen LogP contribution in [-0.2, 0) is 10.1 Å². The number of pyridine rings is 1. The Morgan fingerprint density at radius 3 is 2.19 bits per heavy atom. The minimum atomic E-state index is -6.09. The zero-order valence-electron chi connectivity index (χ0n) is 13.6. The largest absolute Gasteiger partial charge is 0.741 e. The molecule has 0 unspecified atom stereocenters. The van der Waals surface area contributed by atoms with Gasteiger partial charge in [0.15, 0.2) is 10.1 Å². The van der Waals surface area contributed by atoms with Crippen LogP contribution in [0.4, 0.5) is 13.2 Å². The number of fused-ring (bicyclic) bond motifs is 2. The van der Waals surface area contributed by atoms with Gasteiger partial charge in [0.2, 0.25) is 11.0 Å². The Morgan fingerprint density at radius 2 is 1.67 bits per heavy atom. The third-order valence-electron chi connectivity index (χ3n) is 3.46. The molecule has 0 aliphatic carbocycles. The molecule has 0 radical (unpaired) electrons. The van der Waals surface area contributed by atoms with Crippen molar-refractivity contribution in [3.63, 3.8) is 0 Å². The van der Waals surface area contributed by atoms with Crippen molar-refractivity contribution in [2.24, 2.45) is 0 Å². The van der Waals surface area contributed by atoms with Crippen LogP contribution in [0.15, 0.2) is 42.5 Å². The number of carbonyl (C=O) groups is 1. The number of halogens is 3. The van der Waals surface area contributed by atoms with Crippen molar-refractivity contribution in [2.75, 3.05) is 7.11 Å². The van der Waals surface area contributed by atoms with Crippen LogP contribution in [0.1, 0.15) is 10.4 Å². The number of aromatic nitrogens is 1. The molecule has 1 aromatic heterocycles. The summed E-state index contributed by atoms with van der Waals surface area (Å²) in [5, 5.41) is 10.8. The molecular formula is C16H12F3NO6S. The quantitative estimate of drug-likeness (QED) is 0.399. The zero-order valence-corrected chi connectivity index (χ0v) is 14.4. The summed E-state index contributed by atoms with van der Waals surface area (Å²) in [7, 11) is -4.51. The van der Waals surface area contributed by atoms with Crippen molar-refractivity contribution in [1.29, 1.82) is 0 Å². The van der Waals surface area contributed by atoms with E-state index in [9.17, 15) is 23.1 Å². The van der Waals surface area contributed by atoms with Gasteiger partial charge in [-0.1, -0.05) is 12.1 Å². The summed E-state index contributed by atoms with van der Waals surface area (Å²) in [6.07, 6.45) is 0. The van der Waals surface area contributed by atoms with Crippen LogP contribution in [-0.4, -0.2) is 36.7 Å². The van der Waals surface area contributed by atoms with Crippen molar-refractivity contribution in [1.82, 2.24) is 0 Å². The van der Waals surface area contributed by atoms with Crippen LogP contribution in [0.5, 0.6) is 5.75 Å². The average molecular weight is 403 g/mol. The van der Waals surface area contributed by atoms with Crippen LogP contribution in [0, 0.1) is 0 Å². The highest BCUT2D eigenvalue weighted by atomic mass is 32.2. The van der Waals surface area contributed by atoms with Crippen LogP contribution in [0.2, 0.25) is 0 Å². The van der Waals surface area contributed by atoms with E-state index in [2.05, 4.69) is 4.98 Å². The van der Waals surface area contributed by atoms with Gasteiger partial charge in [-0.3, -0.25) is 0 Å². The van der Waals surface area contributed by atoms with E-state index in [1.165, 1.54) is 0 Å². The second-order valence-electron chi connectivity index (χ2n) is 5.16. The summed E-state index contributed by atoms with van der Waals surface area (Å²) >= 11 is 0. The van der Waals surface area contributed by atoms with Crippen molar-refractivity contribution in [3.8, 4) is 5.75 Å². The van der Waals surface area contributed by atoms with Crippen LogP contribution < -0.4 is 9.72 Å². The summed E-state index contributed by atoms with van der Waals surface area (Å²) in [5.74, 6) is -0.240. The maximum atomic E-state index is 11.5. The van der Waals surface area contributed by atoms with Gasteiger partial charge in [0.25, 0.3) is 0 Å². The second kappa shape index (κ2) is 7.37. The summed E-state index contributed by atoms with van der Waals surface area (Å²) in [6, 6.07) is 12.7. The average Bonchev–Trinajstić information content (AvgIpc) is 2.57. The molecule has 1 heterocycles. The predicted molar refractivity (Wildman–Crippen MR) is 87.3 cm³/mol. The Hall–Kier alpha value is -2.92. The molecule has 0 saturated heterocycles. The fourth-order valence-electron chi connectivity index (χ4n) is 2.30. The van der Waals surface area contributed by atoms with Crippen molar-refractivity contribution < 1.29 is 45.8 Å². The van der Waals surface area contributed by atoms with Gasteiger partial charge < -0.3 is 14.4 Å². The van der Waals surface area contributed by atoms with Gasteiger partial charge in [0.1, 0.15) is 5.75 Å². The topological polar surface area (TPSA) is 118 Å². The first-order chi connectivity index (χ1) is 12.5. The van der Waals surface area contributed by atoms with E-state index in [-0.39, 0.29) is 0 Å². The van der Waals surface area contributed by atoms with Gasteiger partial charge in [-0.2, -0.15) is 13.2 Å². The van der Waals surface area contributed by atoms with Crippen molar-refractivity contribution >= 4 is 37.9 Å². The SMILES string of the molecule is COc1ccc2c(C(=O)O)c3ccccc3[nH+]c2c1.O=S(=O)([O-])C(F)(F)F. The maximum Gasteiger partial charge on any atom is 0.485 e. The molecule has 3 aromatic rings. The highest BCUT2D eigenvalue weighted by molar-refractivity contribution is 7.86. The zero-order chi connectivity index (χ0) is 20.4. The molecule has 2 aromatic carbocycles.